The second-order valence-corrected chi connectivity index (χ2v) is 5.93. The summed E-state index contributed by atoms with van der Waals surface area (Å²) in [6.45, 7) is -0.0656. The molecule has 0 aliphatic rings. The van der Waals surface area contributed by atoms with E-state index in [0.29, 0.717) is 16.5 Å². The van der Waals surface area contributed by atoms with E-state index in [9.17, 15) is 13.9 Å². The predicted molar refractivity (Wildman–Crippen MR) is 82.0 cm³/mol. The fourth-order valence-corrected chi connectivity index (χ4v) is 2.79. The maximum atomic E-state index is 13.4. The molecule has 0 saturated heterocycles. The first-order valence-corrected chi connectivity index (χ1v) is 7.31. The van der Waals surface area contributed by atoms with E-state index in [2.05, 4.69) is 15.9 Å². The monoisotopic (exact) mass is 355 g/mol. The summed E-state index contributed by atoms with van der Waals surface area (Å²) in [6, 6.07) is 10.7. The lowest BCUT2D eigenvalue weighted by atomic mass is 9.76. The summed E-state index contributed by atoms with van der Waals surface area (Å²) in [5.41, 5.74) is 6.50. The molecule has 0 spiro atoms. The van der Waals surface area contributed by atoms with E-state index < -0.39 is 5.41 Å². The molecule has 0 fully saturated rings. The maximum Gasteiger partial charge on any atom is 0.137 e. The molecule has 2 rings (SSSR count). The first kappa shape index (κ1) is 16.1. The summed E-state index contributed by atoms with van der Waals surface area (Å²) in [4.78, 5) is 0. The van der Waals surface area contributed by atoms with Gasteiger partial charge >= 0.3 is 0 Å². The topological polar surface area (TPSA) is 46.2 Å². The van der Waals surface area contributed by atoms with Crippen LogP contribution in [0.1, 0.15) is 11.1 Å². The number of rotatable bonds is 5. The van der Waals surface area contributed by atoms with E-state index in [1.807, 2.05) is 0 Å². The number of benzene rings is 2. The minimum Gasteiger partial charge on any atom is -0.395 e. The zero-order chi connectivity index (χ0) is 15.5. The number of aliphatic hydroxyl groups excluding tert-OH is 1. The largest absolute Gasteiger partial charge is 0.395 e. The quantitative estimate of drug-likeness (QED) is 0.865. The van der Waals surface area contributed by atoms with Gasteiger partial charge in [0.05, 0.1) is 11.1 Å². The normalized spacial score (nSPS) is 14.0. The van der Waals surface area contributed by atoms with Crippen LogP contribution in [0.15, 0.2) is 46.9 Å². The van der Waals surface area contributed by atoms with Gasteiger partial charge in [-0.05, 0) is 57.7 Å². The molecule has 112 valence electrons. The standard InChI is InChI=1S/C16H16BrF2NO/c17-14-6-11(4-5-15(14)19)8-16(9-20,10-21)12-2-1-3-13(18)7-12/h1-7,21H,8-10,20H2. The Morgan fingerprint density at radius 2 is 1.90 bits per heavy atom. The lowest BCUT2D eigenvalue weighted by Gasteiger charge is -2.31. The molecule has 0 saturated carbocycles. The molecule has 2 aromatic rings. The Bertz CT molecular complexity index is 629. The third-order valence-corrected chi connectivity index (χ3v) is 4.26. The highest BCUT2D eigenvalue weighted by molar-refractivity contribution is 9.10. The Hall–Kier alpha value is -1.30. The van der Waals surface area contributed by atoms with Crippen LogP contribution in [0.5, 0.6) is 0 Å². The number of hydrogen-bond donors (Lipinski definition) is 2. The minimum atomic E-state index is -0.792. The van der Waals surface area contributed by atoms with Gasteiger partial charge in [-0.1, -0.05) is 18.2 Å². The van der Waals surface area contributed by atoms with Crippen molar-refractivity contribution in [3.8, 4) is 0 Å². The third kappa shape index (κ3) is 3.48. The number of aliphatic hydroxyl groups is 1. The van der Waals surface area contributed by atoms with Crippen molar-refractivity contribution >= 4 is 15.9 Å². The lowest BCUT2D eigenvalue weighted by Crippen LogP contribution is -2.41. The van der Waals surface area contributed by atoms with E-state index in [1.165, 1.54) is 18.2 Å². The van der Waals surface area contributed by atoms with Crippen LogP contribution in [0.2, 0.25) is 0 Å². The van der Waals surface area contributed by atoms with Gasteiger partial charge < -0.3 is 10.8 Å². The molecule has 0 aliphatic carbocycles. The van der Waals surface area contributed by atoms with Crippen molar-refractivity contribution in [2.24, 2.45) is 5.73 Å². The fourth-order valence-electron chi connectivity index (χ4n) is 2.36. The zero-order valence-electron chi connectivity index (χ0n) is 11.3. The van der Waals surface area contributed by atoms with Gasteiger partial charge in [-0.15, -0.1) is 0 Å². The Kier molecular flexibility index (Phi) is 5.08. The third-order valence-electron chi connectivity index (χ3n) is 3.66. The highest BCUT2D eigenvalue weighted by Crippen LogP contribution is 2.29. The summed E-state index contributed by atoms with van der Waals surface area (Å²) in [5.74, 6) is -0.731. The molecule has 1 unspecified atom stereocenters. The molecule has 0 heterocycles. The summed E-state index contributed by atoms with van der Waals surface area (Å²) in [7, 11) is 0. The molecule has 0 aliphatic heterocycles. The zero-order valence-corrected chi connectivity index (χ0v) is 12.9. The van der Waals surface area contributed by atoms with E-state index in [0.717, 1.165) is 5.56 Å². The molecule has 21 heavy (non-hydrogen) atoms. The van der Waals surface area contributed by atoms with E-state index >= 15 is 0 Å². The van der Waals surface area contributed by atoms with Gasteiger partial charge in [0.1, 0.15) is 11.6 Å². The molecule has 2 aromatic carbocycles. The molecular formula is C16H16BrF2NO. The SMILES string of the molecule is NCC(CO)(Cc1ccc(F)c(Br)c1)c1cccc(F)c1. The Labute approximate surface area is 130 Å². The average Bonchev–Trinajstić information content (AvgIpc) is 2.48. The first-order chi connectivity index (χ1) is 10.0. The predicted octanol–water partition coefficient (Wildman–Crippen LogP) is 3.16. The van der Waals surface area contributed by atoms with Crippen LogP contribution in [0, 0.1) is 11.6 Å². The summed E-state index contributed by atoms with van der Waals surface area (Å²) in [6.07, 6.45) is 0.391. The summed E-state index contributed by atoms with van der Waals surface area (Å²) >= 11 is 3.14. The Balaban J connectivity index is 2.40. The van der Waals surface area contributed by atoms with Crippen molar-refractivity contribution in [3.05, 3.63) is 69.7 Å². The second kappa shape index (κ2) is 6.64. The Morgan fingerprint density at radius 3 is 2.48 bits per heavy atom. The van der Waals surface area contributed by atoms with Crippen LogP contribution in [-0.4, -0.2) is 18.3 Å². The van der Waals surface area contributed by atoms with Crippen molar-refractivity contribution in [2.45, 2.75) is 11.8 Å². The number of nitrogens with two attached hydrogens (primary N) is 1. The lowest BCUT2D eigenvalue weighted by molar-refractivity contribution is 0.195. The number of halogens is 3. The van der Waals surface area contributed by atoms with Gasteiger partial charge in [-0.2, -0.15) is 0 Å². The van der Waals surface area contributed by atoms with Crippen molar-refractivity contribution in [2.75, 3.05) is 13.2 Å². The van der Waals surface area contributed by atoms with Gasteiger partial charge in [0.25, 0.3) is 0 Å². The van der Waals surface area contributed by atoms with Gasteiger partial charge in [0.15, 0.2) is 0 Å². The van der Waals surface area contributed by atoms with Crippen molar-refractivity contribution in [1.29, 1.82) is 0 Å². The van der Waals surface area contributed by atoms with Crippen molar-refractivity contribution < 1.29 is 13.9 Å². The number of hydrogen-bond acceptors (Lipinski definition) is 2. The molecule has 2 nitrogen and oxygen atoms in total. The van der Waals surface area contributed by atoms with Crippen molar-refractivity contribution in [3.63, 3.8) is 0 Å². The van der Waals surface area contributed by atoms with E-state index in [-0.39, 0.29) is 24.8 Å². The summed E-state index contributed by atoms with van der Waals surface area (Å²) in [5, 5.41) is 9.82. The smallest absolute Gasteiger partial charge is 0.137 e. The van der Waals surface area contributed by atoms with Crippen LogP contribution < -0.4 is 5.73 Å². The van der Waals surface area contributed by atoms with Gasteiger partial charge in [-0.3, -0.25) is 0 Å². The van der Waals surface area contributed by atoms with Crippen LogP contribution >= 0.6 is 15.9 Å². The summed E-state index contributed by atoms with van der Waals surface area (Å²) < 4.78 is 27.1. The van der Waals surface area contributed by atoms with Gasteiger partial charge in [-0.25, -0.2) is 8.78 Å². The van der Waals surface area contributed by atoms with Crippen LogP contribution in [0.25, 0.3) is 0 Å². The van der Waals surface area contributed by atoms with Crippen LogP contribution in [0.3, 0.4) is 0 Å². The van der Waals surface area contributed by atoms with Crippen molar-refractivity contribution in [1.82, 2.24) is 0 Å². The van der Waals surface area contributed by atoms with Gasteiger partial charge in [0.2, 0.25) is 0 Å². The van der Waals surface area contributed by atoms with Crippen LogP contribution in [0.4, 0.5) is 8.78 Å². The molecule has 5 heteroatoms. The fraction of sp³-hybridized carbons (Fsp3) is 0.250. The molecule has 3 N–H and O–H groups in total. The molecule has 0 amide bonds. The maximum absolute atomic E-state index is 13.4. The Morgan fingerprint density at radius 1 is 1.14 bits per heavy atom. The minimum absolute atomic E-state index is 0.155. The van der Waals surface area contributed by atoms with Crippen LogP contribution in [-0.2, 0) is 11.8 Å². The highest BCUT2D eigenvalue weighted by atomic mass is 79.9. The molecule has 1 atom stereocenters. The van der Waals surface area contributed by atoms with Gasteiger partial charge in [0, 0.05) is 12.0 Å². The molecule has 0 bridgehead atoms. The average molecular weight is 356 g/mol. The molecular weight excluding hydrogens is 340 g/mol. The van der Waals surface area contributed by atoms with E-state index in [4.69, 9.17) is 5.73 Å². The second-order valence-electron chi connectivity index (χ2n) is 5.08. The first-order valence-electron chi connectivity index (χ1n) is 6.52. The molecule has 0 aromatic heterocycles. The highest BCUT2D eigenvalue weighted by Gasteiger charge is 2.31. The molecule has 0 radical (unpaired) electrons. The van der Waals surface area contributed by atoms with E-state index in [1.54, 1.807) is 24.3 Å².